The molecular weight excluding hydrogens is 334 g/mol. The zero-order chi connectivity index (χ0) is 18.5. The summed E-state index contributed by atoms with van der Waals surface area (Å²) in [5, 5.41) is 1.27. The molecule has 0 bridgehead atoms. The van der Waals surface area contributed by atoms with Crippen molar-refractivity contribution < 1.29 is 9.15 Å². The molecule has 1 fully saturated rings. The lowest BCUT2D eigenvalue weighted by molar-refractivity contribution is 0.231. The van der Waals surface area contributed by atoms with Crippen molar-refractivity contribution in [2.24, 2.45) is 0 Å². The molecule has 2 heterocycles. The molecule has 3 nitrogen and oxygen atoms in total. The van der Waals surface area contributed by atoms with Crippen LogP contribution in [0.1, 0.15) is 43.1 Å². The summed E-state index contributed by atoms with van der Waals surface area (Å²) in [6, 6.07) is 16.8. The molecule has 1 aromatic heterocycles. The molecule has 1 saturated heterocycles. The molecular formula is C24H29NO2. The second kappa shape index (κ2) is 8.62. The highest BCUT2D eigenvalue weighted by Crippen LogP contribution is 2.29. The summed E-state index contributed by atoms with van der Waals surface area (Å²) in [5.74, 6) is 2.04. The average molecular weight is 364 g/mol. The first kappa shape index (κ1) is 18.1. The number of piperidine rings is 1. The number of fused-ring (bicyclic) bond motifs is 1. The van der Waals surface area contributed by atoms with Gasteiger partial charge in [-0.15, -0.1) is 0 Å². The van der Waals surface area contributed by atoms with Crippen LogP contribution in [-0.4, -0.2) is 31.1 Å². The Labute approximate surface area is 161 Å². The van der Waals surface area contributed by atoms with E-state index < -0.39 is 0 Å². The summed E-state index contributed by atoms with van der Waals surface area (Å²) >= 11 is 0. The van der Waals surface area contributed by atoms with Crippen LogP contribution in [0, 0.1) is 0 Å². The number of likely N-dealkylation sites (tertiary alicyclic amines) is 1. The lowest BCUT2D eigenvalue weighted by Crippen LogP contribution is -2.31. The number of para-hydroxylation sites is 1. The van der Waals surface area contributed by atoms with Gasteiger partial charge in [-0.2, -0.15) is 0 Å². The molecule has 3 aromatic rings. The minimum atomic E-state index is 0.698. The molecule has 142 valence electrons. The van der Waals surface area contributed by atoms with Gasteiger partial charge in [-0.05, 0) is 63.0 Å². The van der Waals surface area contributed by atoms with E-state index in [9.17, 15) is 0 Å². The highest BCUT2D eigenvalue weighted by Gasteiger charge is 2.17. The van der Waals surface area contributed by atoms with E-state index in [4.69, 9.17) is 9.15 Å². The van der Waals surface area contributed by atoms with E-state index in [-0.39, 0.29) is 0 Å². The van der Waals surface area contributed by atoms with E-state index in [0.717, 1.165) is 36.5 Å². The Morgan fingerprint density at radius 2 is 1.74 bits per heavy atom. The fraction of sp³-hybridized carbons (Fsp3) is 0.417. The molecule has 0 spiro atoms. The van der Waals surface area contributed by atoms with Crippen LogP contribution in [-0.2, 0) is 12.8 Å². The van der Waals surface area contributed by atoms with Gasteiger partial charge in [-0.3, -0.25) is 0 Å². The molecule has 0 radical (unpaired) electrons. The van der Waals surface area contributed by atoms with Gasteiger partial charge in [0.25, 0.3) is 0 Å². The van der Waals surface area contributed by atoms with Crippen LogP contribution in [0.2, 0.25) is 0 Å². The first-order chi connectivity index (χ1) is 13.3. The van der Waals surface area contributed by atoms with Crippen molar-refractivity contribution in [2.45, 2.75) is 39.0 Å². The van der Waals surface area contributed by atoms with Crippen LogP contribution in [0.25, 0.3) is 11.0 Å². The lowest BCUT2D eigenvalue weighted by Gasteiger charge is -2.26. The summed E-state index contributed by atoms with van der Waals surface area (Å²) in [4.78, 5) is 2.60. The van der Waals surface area contributed by atoms with Crippen LogP contribution in [0.5, 0.6) is 5.75 Å². The van der Waals surface area contributed by atoms with Gasteiger partial charge < -0.3 is 14.1 Å². The number of benzene rings is 2. The van der Waals surface area contributed by atoms with Gasteiger partial charge in [-0.1, -0.05) is 36.8 Å². The minimum Gasteiger partial charge on any atom is -0.494 e. The predicted octanol–water partition coefficient (Wildman–Crippen LogP) is 5.45. The van der Waals surface area contributed by atoms with E-state index in [1.165, 1.54) is 48.9 Å². The van der Waals surface area contributed by atoms with Gasteiger partial charge >= 0.3 is 0 Å². The first-order valence-corrected chi connectivity index (χ1v) is 10.3. The van der Waals surface area contributed by atoms with Crippen LogP contribution in [0.3, 0.4) is 0 Å². The summed E-state index contributed by atoms with van der Waals surface area (Å²) in [5.41, 5.74) is 3.65. The van der Waals surface area contributed by atoms with Crippen molar-refractivity contribution in [3.05, 3.63) is 65.4 Å². The number of rotatable bonds is 7. The molecule has 4 rings (SSSR count). The Morgan fingerprint density at radius 3 is 2.52 bits per heavy atom. The highest BCUT2D eigenvalue weighted by atomic mass is 16.5. The fourth-order valence-electron chi connectivity index (χ4n) is 4.07. The van der Waals surface area contributed by atoms with Gasteiger partial charge in [-0.25, -0.2) is 0 Å². The molecule has 1 aliphatic heterocycles. The van der Waals surface area contributed by atoms with Gasteiger partial charge in [0.1, 0.15) is 17.1 Å². The van der Waals surface area contributed by atoms with Crippen LogP contribution in [0.15, 0.2) is 52.9 Å². The topological polar surface area (TPSA) is 25.6 Å². The third kappa shape index (κ3) is 4.36. The van der Waals surface area contributed by atoms with Gasteiger partial charge in [0, 0.05) is 23.9 Å². The Hall–Kier alpha value is -2.26. The van der Waals surface area contributed by atoms with Crippen molar-refractivity contribution in [1.29, 1.82) is 0 Å². The van der Waals surface area contributed by atoms with E-state index in [1.54, 1.807) is 0 Å². The third-order valence-electron chi connectivity index (χ3n) is 5.51. The van der Waals surface area contributed by atoms with Gasteiger partial charge in [0.05, 0.1) is 6.61 Å². The predicted molar refractivity (Wildman–Crippen MR) is 111 cm³/mol. The Kier molecular flexibility index (Phi) is 5.78. The fourth-order valence-corrected chi connectivity index (χ4v) is 4.07. The van der Waals surface area contributed by atoms with Gasteiger partial charge in [0.15, 0.2) is 0 Å². The number of nitrogens with zero attached hydrogens (tertiary/aromatic N) is 1. The summed E-state index contributed by atoms with van der Waals surface area (Å²) < 4.78 is 11.8. The molecule has 27 heavy (non-hydrogen) atoms. The molecule has 0 unspecified atom stereocenters. The van der Waals surface area contributed by atoms with E-state index >= 15 is 0 Å². The maximum Gasteiger partial charge on any atom is 0.134 e. The largest absolute Gasteiger partial charge is 0.494 e. The van der Waals surface area contributed by atoms with E-state index in [2.05, 4.69) is 53.4 Å². The monoisotopic (exact) mass is 363 g/mol. The third-order valence-corrected chi connectivity index (χ3v) is 5.51. The van der Waals surface area contributed by atoms with Crippen molar-refractivity contribution >= 4 is 11.0 Å². The Morgan fingerprint density at radius 1 is 0.963 bits per heavy atom. The molecule has 1 aliphatic rings. The van der Waals surface area contributed by atoms with Crippen molar-refractivity contribution in [3.8, 4) is 5.75 Å². The van der Waals surface area contributed by atoms with Gasteiger partial charge in [0.2, 0.25) is 0 Å². The minimum absolute atomic E-state index is 0.698. The zero-order valence-electron chi connectivity index (χ0n) is 16.2. The van der Waals surface area contributed by atoms with Crippen LogP contribution < -0.4 is 4.74 Å². The second-order valence-electron chi connectivity index (χ2n) is 7.41. The summed E-state index contributed by atoms with van der Waals surface area (Å²) in [6.07, 6.45) is 5.95. The normalized spacial score (nSPS) is 15.3. The molecule has 0 saturated carbocycles. The molecule has 0 N–H and O–H groups in total. The summed E-state index contributed by atoms with van der Waals surface area (Å²) in [6.45, 7) is 6.31. The Balaban J connectivity index is 1.55. The standard InChI is InChI=1S/C24H29NO2/c1-2-26-20-12-10-19(11-13-20)18-24-22(14-17-25-15-6-3-7-16-25)21-8-4-5-9-23(21)27-24/h4-5,8-13H,2-3,6-7,14-18H2,1H3. The van der Waals surface area contributed by atoms with E-state index in [0.29, 0.717) is 6.61 Å². The average Bonchev–Trinajstić information content (AvgIpc) is 3.06. The van der Waals surface area contributed by atoms with Crippen molar-refractivity contribution in [2.75, 3.05) is 26.2 Å². The van der Waals surface area contributed by atoms with E-state index in [1.807, 2.05) is 6.92 Å². The number of furan rings is 1. The molecule has 3 heteroatoms. The summed E-state index contributed by atoms with van der Waals surface area (Å²) in [7, 11) is 0. The molecule has 2 aromatic carbocycles. The first-order valence-electron chi connectivity index (χ1n) is 10.3. The second-order valence-corrected chi connectivity index (χ2v) is 7.41. The van der Waals surface area contributed by atoms with Crippen molar-refractivity contribution in [3.63, 3.8) is 0 Å². The maximum absolute atomic E-state index is 6.27. The zero-order valence-corrected chi connectivity index (χ0v) is 16.2. The number of ether oxygens (including phenoxy) is 1. The molecule has 0 aliphatic carbocycles. The Bertz CT molecular complexity index is 860. The van der Waals surface area contributed by atoms with Crippen LogP contribution >= 0.6 is 0 Å². The quantitative estimate of drug-likeness (QED) is 0.558. The molecule has 0 amide bonds. The maximum atomic E-state index is 6.27. The number of hydrogen-bond donors (Lipinski definition) is 0. The number of hydrogen-bond acceptors (Lipinski definition) is 3. The molecule has 0 atom stereocenters. The lowest BCUT2D eigenvalue weighted by atomic mass is 10.0. The van der Waals surface area contributed by atoms with Crippen molar-refractivity contribution in [1.82, 2.24) is 4.90 Å². The SMILES string of the molecule is CCOc1ccc(Cc2oc3ccccc3c2CCN2CCCCC2)cc1. The highest BCUT2D eigenvalue weighted by molar-refractivity contribution is 5.82. The van der Waals surface area contributed by atoms with Crippen LogP contribution in [0.4, 0.5) is 0 Å². The smallest absolute Gasteiger partial charge is 0.134 e.